The SMILES string of the molecule is COc1ccc(OC)c(-c2cc(C(=O)NCCn3nc(-c4cccnc4)ccc3=O)[nH]n2)c1. The average Bonchev–Trinajstić information content (AvgIpc) is 3.35. The summed E-state index contributed by atoms with van der Waals surface area (Å²) in [6.07, 6.45) is 3.34. The molecule has 2 N–H and O–H groups in total. The standard InChI is InChI=1S/C23H22N6O4/c1-32-16-5-7-21(33-2)17(12-16)19-13-20(27-26-19)23(31)25-10-11-29-22(30)8-6-18(28-29)15-4-3-9-24-14-15/h3-9,12-14H,10-11H2,1-2H3,(H,25,31)(H,26,27). The van der Waals surface area contributed by atoms with Gasteiger partial charge in [0, 0.05) is 36.1 Å². The molecule has 4 rings (SSSR count). The Bertz CT molecular complexity index is 1320. The van der Waals surface area contributed by atoms with Crippen LogP contribution in [0, 0.1) is 0 Å². The van der Waals surface area contributed by atoms with Crippen molar-refractivity contribution in [2.45, 2.75) is 6.54 Å². The van der Waals surface area contributed by atoms with Crippen molar-refractivity contribution in [3.63, 3.8) is 0 Å². The first kappa shape index (κ1) is 21.8. The van der Waals surface area contributed by atoms with Gasteiger partial charge in [-0.3, -0.25) is 19.7 Å². The minimum atomic E-state index is -0.355. The number of nitrogens with one attached hydrogen (secondary N) is 2. The lowest BCUT2D eigenvalue weighted by atomic mass is 10.1. The highest BCUT2D eigenvalue weighted by atomic mass is 16.5. The Balaban J connectivity index is 1.43. The van der Waals surface area contributed by atoms with Gasteiger partial charge >= 0.3 is 0 Å². The van der Waals surface area contributed by atoms with Crippen LogP contribution in [0.2, 0.25) is 0 Å². The smallest absolute Gasteiger partial charge is 0.269 e. The van der Waals surface area contributed by atoms with Crippen LogP contribution in [0.5, 0.6) is 11.5 Å². The largest absolute Gasteiger partial charge is 0.497 e. The molecule has 168 valence electrons. The number of benzene rings is 1. The summed E-state index contributed by atoms with van der Waals surface area (Å²) in [7, 11) is 3.13. The second-order valence-corrected chi connectivity index (χ2v) is 7.01. The fraction of sp³-hybridized carbons (Fsp3) is 0.174. The number of rotatable bonds is 8. The molecule has 10 nitrogen and oxygen atoms in total. The number of H-pyrrole nitrogens is 1. The first-order valence-corrected chi connectivity index (χ1v) is 10.1. The molecule has 0 saturated carbocycles. The van der Waals surface area contributed by atoms with Gasteiger partial charge in [-0.15, -0.1) is 0 Å². The molecule has 0 unspecified atom stereocenters. The van der Waals surface area contributed by atoms with E-state index in [0.29, 0.717) is 28.5 Å². The molecule has 0 aliphatic rings. The number of pyridine rings is 1. The number of amides is 1. The quantitative estimate of drug-likeness (QED) is 0.425. The molecule has 33 heavy (non-hydrogen) atoms. The Kier molecular flexibility index (Phi) is 6.44. The molecule has 10 heteroatoms. The molecular weight excluding hydrogens is 424 g/mol. The predicted molar refractivity (Wildman–Crippen MR) is 121 cm³/mol. The fourth-order valence-electron chi connectivity index (χ4n) is 3.24. The van der Waals surface area contributed by atoms with E-state index in [1.807, 2.05) is 6.07 Å². The van der Waals surface area contributed by atoms with E-state index in [4.69, 9.17) is 9.47 Å². The van der Waals surface area contributed by atoms with Crippen LogP contribution in [0.4, 0.5) is 0 Å². The second-order valence-electron chi connectivity index (χ2n) is 7.01. The van der Waals surface area contributed by atoms with Gasteiger partial charge in [-0.1, -0.05) is 0 Å². The molecular formula is C23H22N6O4. The molecule has 0 radical (unpaired) electrons. The summed E-state index contributed by atoms with van der Waals surface area (Å²) in [4.78, 5) is 28.8. The second kappa shape index (κ2) is 9.77. The van der Waals surface area contributed by atoms with Crippen molar-refractivity contribution in [1.82, 2.24) is 30.3 Å². The van der Waals surface area contributed by atoms with E-state index in [-0.39, 0.29) is 30.2 Å². The fourth-order valence-corrected chi connectivity index (χ4v) is 3.24. The van der Waals surface area contributed by atoms with Crippen molar-refractivity contribution < 1.29 is 14.3 Å². The predicted octanol–water partition coefficient (Wildman–Crippen LogP) is 2.14. The third-order valence-corrected chi connectivity index (χ3v) is 4.94. The number of carbonyl (C=O) groups excluding carboxylic acids is 1. The highest BCUT2D eigenvalue weighted by Gasteiger charge is 2.15. The van der Waals surface area contributed by atoms with Gasteiger partial charge in [-0.2, -0.15) is 10.2 Å². The van der Waals surface area contributed by atoms with E-state index in [1.165, 1.54) is 10.7 Å². The minimum absolute atomic E-state index is 0.207. The summed E-state index contributed by atoms with van der Waals surface area (Å²) < 4.78 is 12.0. The first-order valence-electron chi connectivity index (χ1n) is 10.1. The van der Waals surface area contributed by atoms with Crippen LogP contribution in [0.1, 0.15) is 10.5 Å². The molecule has 4 aromatic rings. The van der Waals surface area contributed by atoms with Gasteiger partial charge in [0.15, 0.2) is 0 Å². The highest BCUT2D eigenvalue weighted by Crippen LogP contribution is 2.32. The van der Waals surface area contributed by atoms with Crippen molar-refractivity contribution in [3.05, 3.63) is 77.0 Å². The van der Waals surface area contributed by atoms with Crippen molar-refractivity contribution in [2.24, 2.45) is 0 Å². The summed E-state index contributed by atoms with van der Waals surface area (Å²) in [6.45, 7) is 0.419. The Labute approximate surface area is 189 Å². The normalized spacial score (nSPS) is 10.6. The molecule has 1 amide bonds. The summed E-state index contributed by atoms with van der Waals surface area (Å²) in [5.41, 5.74) is 2.67. The number of aromatic amines is 1. The van der Waals surface area contributed by atoms with Crippen LogP contribution in [0.15, 0.2) is 65.7 Å². The van der Waals surface area contributed by atoms with Gasteiger partial charge in [-0.25, -0.2) is 4.68 Å². The molecule has 1 aromatic carbocycles. The summed E-state index contributed by atoms with van der Waals surface area (Å²) in [5.74, 6) is 0.895. The average molecular weight is 446 g/mol. The van der Waals surface area contributed by atoms with E-state index in [1.54, 1.807) is 63.0 Å². The summed E-state index contributed by atoms with van der Waals surface area (Å²) in [6, 6.07) is 13.7. The Hall–Kier alpha value is -4.47. The molecule has 0 saturated heterocycles. The zero-order valence-corrected chi connectivity index (χ0v) is 18.1. The van der Waals surface area contributed by atoms with E-state index >= 15 is 0 Å². The lowest BCUT2D eigenvalue weighted by Crippen LogP contribution is -2.32. The Morgan fingerprint density at radius 2 is 1.97 bits per heavy atom. The van der Waals surface area contributed by atoms with Crippen molar-refractivity contribution in [2.75, 3.05) is 20.8 Å². The Morgan fingerprint density at radius 3 is 2.73 bits per heavy atom. The molecule has 0 aliphatic carbocycles. The topological polar surface area (TPSA) is 124 Å². The monoisotopic (exact) mass is 446 g/mol. The molecule has 0 aliphatic heterocycles. The molecule has 3 heterocycles. The van der Waals surface area contributed by atoms with E-state index < -0.39 is 0 Å². The number of hydrogen-bond acceptors (Lipinski definition) is 7. The maximum absolute atomic E-state index is 12.6. The number of aromatic nitrogens is 5. The van der Waals surface area contributed by atoms with Crippen molar-refractivity contribution >= 4 is 5.91 Å². The number of methoxy groups -OCH3 is 2. The van der Waals surface area contributed by atoms with Crippen LogP contribution in [-0.4, -0.2) is 51.6 Å². The maximum atomic E-state index is 12.6. The van der Waals surface area contributed by atoms with Crippen LogP contribution in [-0.2, 0) is 6.54 Å². The lowest BCUT2D eigenvalue weighted by molar-refractivity contribution is 0.0946. The molecule has 0 spiro atoms. The molecule has 0 bridgehead atoms. The van der Waals surface area contributed by atoms with Crippen molar-refractivity contribution in [3.8, 4) is 34.0 Å². The van der Waals surface area contributed by atoms with Crippen LogP contribution < -0.4 is 20.3 Å². The van der Waals surface area contributed by atoms with E-state index in [9.17, 15) is 9.59 Å². The summed E-state index contributed by atoms with van der Waals surface area (Å²) >= 11 is 0. The van der Waals surface area contributed by atoms with E-state index in [2.05, 4.69) is 25.6 Å². The van der Waals surface area contributed by atoms with Gasteiger partial charge in [0.05, 0.1) is 32.2 Å². The molecule has 0 atom stereocenters. The summed E-state index contributed by atoms with van der Waals surface area (Å²) in [5, 5.41) is 14.1. The van der Waals surface area contributed by atoms with Gasteiger partial charge in [0.25, 0.3) is 11.5 Å². The van der Waals surface area contributed by atoms with Gasteiger partial charge in [0.2, 0.25) is 0 Å². The van der Waals surface area contributed by atoms with Crippen LogP contribution in [0.3, 0.4) is 0 Å². The minimum Gasteiger partial charge on any atom is -0.497 e. The highest BCUT2D eigenvalue weighted by molar-refractivity contribution is 5.93. The van der Waals surface area contributed by atoms with Crippen molar-refractivity contribution in [1.29, 1.82) is 0 Å². The van der Waals surface area contributed by atoms with Gasteiger partial charge in [-0.05, 0) is 42.5 Å². The number of ether oxygens (including phenoxy) is 2. The van der Waals surface area contributed by atoms with Crippen LogP contribution >= 0.6 is 0 Å². The van der Waals surface area contributed by atoms with Gasteiger partial charge in [0.1, 0.15) is 17.2 Å². The lowest BCUT2D eigenvalue weighted by Gasteiger charge is -2.08. The van der Waals surface area contributed by atoms with Gasteiger partial charge < -0.3 is 14.8 Å². The third kappa shape index (κ3) is 4.90. The zero-order valence-electron chi connectivity index (χ0n) is 18.1. The number of nitrogens with zero attached hydrogens (tertiary/aromatic N) is 4. The third-order valence-electron chi connectivity index (χ3n) is 4.94. The zero-order chi connectivity index (χ0) is 23.2. The number of hydrogen-bond donors (Lipinski definition) is 2. The number of carbonyl (C=O) groups is 1. The molecule has 0 fully saturated rings. The first-order chi connectivity index (χ1) is 16.1. The maximum Gasteiger partial charge on any atom is 0.269 e. The van der Waals surface area contributed by atoms with Crippen LogP contribution in [0.25, 0.3) is 22.5 Å². The Morgan fingerprint density at radius 1 is 1.09 bits per heavy atom. The molecule has 3 aromatic heterocycles. The van der Waals surface area contributed by atoms with E-state index in [0.717, 1.165) is 5.56 Å².